The topological polar surface area (TPSA) is 93.1 Å². The van der Waals surface area contributed by atoms with E-state index in [0.29, 0.717) is 4.57 Å². The zero-order chi connectivity index (χ0) is 22.7. The fraction of sp³-hybridized carbons (Fsp3) is 0.143. The third-order valence-corrected chi connectivity index (χ3v) is 4.73. The standard InChI is InChI=1S/C21H17ClF2N4O3/c1-11-4-3-5-13(8-11)20(30)27-19(17(29)12-6-7-14(22)15(23)9-12)28-10-16(24)18(25-2)26-21(28)31/h3-10,19H,1-2H3,(H,27,30)(H,25,26,31). The summed E-state index contributed by atoms with van der Waals surface area (Å²) in [6.45, 7) is 1.77. The van der Waals surface area contributed by atoms with Gasteiger partial charge in [0.25, 0.3) is 5.91 Å². The van der Waals surface area contributed by atoms with Gasteiger partial charge in [-0.25, -0.2) is 13.6 Å². The Bertz CT molecular complexity index is 1230. The number of halogens is 3. The molecular formula is C21H17ClF2N4O3. The molecule has 0 aliphatic heterocycles. The molecule has 7 nitrogen and oxygen atoms in total. The average molecular weight is 447 g/mol. The van der Waals surface area contributed by atoms with Crippen LogP contribution in [0.25, 0.3) is 0 Å². The van der Waals surface area contributed by atoms with Crippen molar-refractivity contribution in [2.45, 2.75) is 13.1 Å². The first-order valence-corrected chi connectivity index (χ1v) is 9.42. The number of nitrogens with one attached hydrogen (secondary N) is 2. The van der Waals surface area contributed by atoms with Gasteiger partial charge in [-0.15, -0.1) is 0 Å². The molecule has 0 spiro atoms. The summed E-state index contributed by atoms with van der Waals surface area (Å²) >= 11 is 5.66. The number of nitrogens with zero attached hydrogens (tertiary/aromatic N) is 2. The van der Waals surface area contributed by atoms with Crippen molar-refractivity contribution < 1.29 is 18.4 Å². The number of carbonyl (C=O) groups is 2. The number of amides is 1. The van der Waals surface area contributed by atoms with Crippen molar-refractivity contribution in [2.24, 2.45) is 0 Å². The third-order valence-electron chi connectivity index (χ3n) is 4.42. The number of aryl methyl sites for hydroxylation is 1. The fourth-order valence-corrected chi connectivity index (χ4v) is 2.99. The van der Waals surface area contributed by atoms with Crippen LogP contribution in [0.2, 0.25) is 5.02 Å². The second-order valence-electron chi connectivity index (χ2n) is 6.62. The van der Waals surface area contributed by atoms with E-state index in [-0.39, 0.29) is 22.0 Å². The minimum absolute atomic E-state index is 0.179. The Labute approximate surface area is 180 Å². The molecule has 1 amide bonds. The lowest BCUT2D eigenvalue weighted by molar-refractivity contribution is 0.0811. The maximum atomic E-state index is 14.3. The van der Waals surface area contributed by atoms with Gasteiger partial charge in [-0.3, -0.25) is 14.2 Å². The van der Waals surface area contributed by atoms with E-state index in [2.05, 4.69) is 15.6 Å². The van der Waals surface area contributed by atoms with Gasteiger partial charge in [-0.05, 0) is 37.3 Å². The maximum absolute atomic E-state index is 14.3. The van der Waals surface area contributed by atoms with Crippen molar-refractivity contribution in [1.29, 1.82) is 0 Å². The predicted octanol–water partition coefficient (Wildman–Crippen LogP) is 3.34. The highest BCUT2D eigenvalue weighted by Crippen LogP contribution is 2.20. The number of Topliss-reactive ketones (excluding diaryl/α,β-unsaturated/α-hetero) is 1. The maximum Gasteiger partial charge on any atom is 0.351 e. The average Bonchev–Trinajstić information content (AvgIpc) is 2.74. The van der Waals surface area contributed by atoms with Crippen molar-refractivity contribution in [3.63, 3.8) is 0 Å². The highest BCUT2D eigenvalue weighted by Gasteiger charge is 2.27. The molecule has 1 unspecified atom stereocenters. The summed E-state index contributed by atoms with van der Waals surface area (Å²) in [5.74, 6) is -3.67. The van der Waals surface area contributed by atoms with Crippen molar-refractivity contribution in [3.8, 4) is 0 Å². The first-order valence-electron chi connectivity index (χ1n) is 9.04. The number of carbonyl (C=O) groups excluding carboxylic acids is 2. The third kappa shape index (κ3) is 4.77. The van der Waals surface area contributed by atoms with E-state index in [1.807, 2.05) is 0 Å². The normalized spacial score (nSPS) is 11.6. The van der Waals surface area contributed by atoms with Gasteiger partial charge in [-0.2, -0.15) is 4.98 Å². The molecule has 2 N–H and O–H groups in total. The van der Waals surface area contributed by atoms with Crippen LogP contribution < -0.4 is 16.3 Å². The van der Waals surface area contributed by atoms with Crippen LogP contribution in [0.1, 0.15) is 32.4 Å². The minimum Gasteiger partial charge on any atom is -0.370 e. The van der Waals surface area contributed by atoms with Crippen LogP contribution in [0.4, 0.5) is 14.6 Å². The molecule has 0 aliphatic rings. The summed E-state index contributed by atoms with van der Waals surface area (Å²) in [6.07, 6.45) is -0.944. The largest absolute Gasteiger partial charge is 0.370 e. The molecule has 0 radical (unpaired) electrons. The van der Waals surface area contributed by atoms with Crippen LogP contribution >= 0.6 is 11.6 Å². The number of ketones is 1. The van der Waals surface area contributed by atoms with E-state index in [1.165, 1.54) is 19.2 Å². The summed E-state index contributed by atoms with van der Waals surface area (Å²) in [6, 6.07) is 9.77. The van der Waals surface area contributed by atoms with Crippen molar-refractivity contribution in [1.82, 2.24) is 14.9 Å². The molecule has 2 aromatic carbocycles. The van der Waals surface area contributed by atoms with Crippen LogP contribution in [0.3, 0.4) is 0 Å². The summed E-state index contributed by atoms with van der Waals surface area (Å²) in [4.78, 5) is 41.9. The van der Waals surface area contributed by atoms with Crippen LogP contribution in [0, 0.1) is 18.6 Å². The molecule has 10 heteroatoms. The van der Waals surface area contributed by atoms with Gasteiger partial charge in [0.05, 0.1) is 11.2 Å². The first-order chi connectivity index (χ1) is 14.7. The minimum atomic E-state index is -1.69. The van der Waals surface area contributed by atoms with Gasteiger partial charge in [0.15, 0.2) is 17.8 Å². The highest BCUT2D eigenvalue weighted by molar-refractivity contribution is 6.30. The molecule has 3 rings (SSSR count). The van der Waals surface area contributed by atoms with Gasteiger partial charge < -0.3 is 10.6 Å². The predicted molar refractivity (Wildman–Crippen MR) is 111 cm³/mol. The molecule has 3 aromatic rings. The Morgan fingerprint density at radius 2 is 1.84 bits per heavy atom. The van der Waals surface area contributed by atoms with Gasteiger partial charge in [0.2, 0.25) is 5.78 Å². The monoisotopic (exact) mass is 446 g/mol. The Balaban J connectivity index is 2.08. The molecule has 1 aromatic heterocycles. The van der Waals surface area contributed by atoms with Crippen LogP contribution in [0.5, 0.6) is 0 Å². The number of anilines is 1. The molecule has 0 fully saturated rings. The summed E-state index contributed by atoms with van der Waals surface area (Å²) in [5.41, 5.74) is -0.170. The Hall–Kier alpha value is -3.59. The van der Waals surface area contributed by atoms with Gasteiger partial charge in [0.1, 0.15) is 5.82 Å². The zero-order valence-corrected chi connectivity index (χ0v) is 17.2. The van der Waals surface area contributed by atoms with Gasteiger partial charge in [0, 0.05) is 18.2 Å². The number of hydrogen-bond acceptors (Lipinski definition) is 5. The lowest BCUT2D eigenvalue weighted by Gasteiger charge is -2.20. The Morgan fingerprint density at radius 1 is 1.10 bits per heavy atom. The zero-order valence-electron chi connectivity index (χ0n) is 16.4. The molecule has 0 bridgehead atoms. The first kappa shape index (κ1) is 22.1. The van der Waals surface area contributed by atoms with E-state index in [4.69, 9.17) is 11.6 Å². The Morgan fingerprint density at radius 3 is 2.48 bits per heavy atom. The van der Waals surface area contributed by atoms with Crippen LogP contribution in [0.15, 0.2) is 53.5 Å². The number of benzene rings is 2. The second kappa shape index (κ2) is 9.05. The molecule has 0 saturated heterocycles. The lowest BCUT2D eigenvalue weighted by Crippen LogP contribution is -2.43. The molecule has 0 aliphatic carbocycles. The van der Waals surface area contributed by atoms with Gasteiger partial charge in [-0.1, -0.05) is 29.3 Å². The van der Waals surface area contributed by atoms with Crippen molar-refractivity contribution in [2.75, 3.05) is 12.4 Å². The van der Waals surface area contributed by atoms with E-state index in [9.17, 15) is 23.2 Å². The van der Waals surface area contributed by atoms with Gasteiger partial charge >= 0.3 is 5.69 Å². The number of rotatable bonds is 6. The summed E-state index contributed by atoms with van der Waals surface area (Å²) in [7, 11) is 1.37. The van der Waals surface area contributed by atoms with E-state index < -0.39 is 35.2 Å². The van der Waals surface area contributed by atoms with E-state index in [0.717, 1.165) is 23.9 Å². The fourth-order valence-electron chi connectivity index (χ4n) is 2.87. The Kier molecular flexibility index (Phi) is 6.45. The second-order valence-corrected chi connectivity index (χ2v) is 7.02. The number of aromatic nitrogens is 2. The quantitative estimate of drug-likeness (QED) is 0.566. The molecule has 0 saturated carbocycles. The van der Waals surface area contributed by atoms with Crippen LogP contribution in [-0.4, -0.2) is 28.3 Å². The van der Waals surface area contributed by atoms with Crippen molar-refractivity contribution in [3.05, 3.63) is 92.5 Å². The SMILES string of the molecule is CNc1nc(=O)n(C(NC(=O)c2cccc(C)c2)C(=O)c2ccc(Cl)c(F)c2)cc1F. The van der Waals surface area contributed by atoms with E-state index in [1.54, 1.807) is 25.1 Å². The molecule has 160 valence electrons. The molecule has 1 heterocycles. The summed E-state index contributed by atoms with van der Waals surface area (Å²) in [5, 5.41) is 4.61. The number of hydrogen-bond donors (Lipinski definition) is 2. The molecular weight excluding hydrogens is 430 g/mol. The van der Waals surface area contributed by atoms with E-state index >= 15 is 0 Å². The lowest BCUT2D eigenvalue weighted by atomic mass is 10.1. The summed E-state index contributed by atoms with van der Waals surface area (Å²) < 4.78 is 28.8. The smallest absolute Gasteiger partial charge is 0.351 e. The highest BCUT2D eigenvalue weighted by atomic mass is 35.5. The molecule has 31 heavy (non-hydrogen) atoms. The molecule has 1 atom stereocenters. The van der Waals surface area contributed by atoms with Crippen LogP contribution in [-0.2, 0) is 0 Å². The van der Waals surface area contributed by atoms with Crippen molar-refractivity contribution >= 4 is 29.1 Å².